The zero-order valence-corrected chi connectivity index (χ0v) is 14.2. The smallest absolute Gasteiger partial charge is 0.277 e. The standard InChI is InChI=1S/C16H22N6O2/c1-11-9-12(20-24-11)15(23)18-13-10-17-16(19-14(13)21(2)3)22-7-5-4-6-8-22/h9-10H,4-8H2,1-3H3,(H,18,23). The van der Waals surface area contributed by atoms with Crippen LogP contribution in [0.3, 0.4) is 0 Å². The van der Waals surface area contributed by atoms with Crippen LogP contribution in [-0.2, 0) is 0 Å². The van der Waals surface area contributed by atoms with Crippen LogP contribution in [-0.4, -0.2) is 48.2 Å². The minimum absolute atomic E-state index is 0.234. The summed E-state index contributed by atoms with van der Waals surface area (Å²) in [5.74, 6) is 1.61. The molecule has 2 aromatic heterocycles. The summed E-state index contributed by atoms with van der Waals surface area (Å²) >= 11 is 0. The lowest BCUT2D eigenvalue weighted by Gasteiger charge is -2.27. The SMILES string of the molecule is Cc1cc(C(=O)Nc2cnc(N3CCCCC3)nc2N(C)C)no1. The van der Waals surface area contributed by atoms with E-state index in [4.69, 9.17) is 4.52 Å². The van der Waals surface area contributed by atoms with Crippen molar-refractivity contribution in [1.82, 2.24) is 15.1 Å². The van der Waals surface area contributed by atoms with E-state index in [-0.39, 0.29) is 11.6 Å². The molecule has 1 saturated heterocycles. The molecule has 8 heteroatoms. The number of nitrogens with one attached hydrogen (secondary N) is 1. The molecule has 0 spiro atoms. The summed E-state index contributed by atoms with van der Waals surface area (Å²) in [5, 5.41) is 6.53. The van der Waals surface area contributed by atoms with E-state index in [0.29, 0.717) is 23.2 Å². The molecule has 1 N–H and O–H groups in total. The van der Waals surface area contributed by atoms with Crippen LogP contribution in [0.5, 0.6) is 0 Å². The number of carbonyl (C=O) groups is 1. The van der Waals surface area contributed by atoms with Crippen LogP contribution in [0.2, 0.25) is 0 Å². The van der Waals surface area contributed by atoms with E-state index in [2.05, 4.69) is 25.3 Å². The second-order valence-corrected chi connectivity index (χ2v) is 6.13. The Morgan fingerprint density at radius 3 is 2.67 bits per heavy atom. The average Bonchev–Trinajstić information content (AvgIpc) is 3.02. The van der Waals surface area contributed by atoms with Crippen molar-refractivity contribution >= 4 is 23.4 Å². The molecule has 0 atom stereocenters. The number of anilines is 3. The van der Waals surface area contributed by atoms with Crippen molar-refractivity contribution in [3.8, 4) is 0 Å². The topological polar surface area (TPSA) is 87.4 Å². The highest BCUT2D eigenvalue weighted by atomic mass is 16.5. The molecule has 0 radical (unpaired) electrons. The lowest BCUT2D eigenvalue weighted by atomic mass is 10.1. The Bertz CT molecular complexity index is 721. The van der Waals surface area contributed by atoms with E-state index in [0.717, 1.165) is 25.9 Å². The molecule has 24 heavy (non-hydrogen) atoms. The van der Waals surface area contributed by atoms with Crippen molar-refractivity contribution in [2.45, 2.75) is 26.2 Å². The van der Waals surface area contributed by atoms with Crippen molar-refractivity contribution in [2.24, 2.45) is 0 Å². The minimum atomic E-state index is -0.343. The second-order valence-electron chi connectivity index (χ2n) is 6.13. The van der Waals surface area contributed by atoms with Gasteiger partial charge in [-0.15, -0.1) is 0 Å². The van der Waals surface area contributed by atoms with E-state index in [9.17, 15) is 4.79 Å². The van der Waals surface area contributed by atoms with Gasteiger partial charge in [-0.2, -0.15) is 4.98 Å². The van der Waals surface area contributed by atoms with Crippen molar-refractivity contribution in [1.29, 1.82) is 0 Å². The average molecular weight is 330 g/mol. The molecule has 3 rings (SSSR count). The molecular formula is C16H22N6O2. The fourth-order valence-corrected chi connectivity index (χ4v) is 2.70. The summed E-state index contributed by atoms with van der Waals surface area (Å²) in [6.07, 6.45) is 5.22. The fraction of sp³-hybridized carbons (Fsp3) is 0.500. The Kier molecular flexibility index (Phi) is 4.64. The van der Waals surface area contributed by atoms with Crippen LogP contribution < -0.4 is 15.1 Å². The number of nitrogens with zero attached hydrogens (tertiary/aromatic N) is 5. The van der Waals surface area contributed by atoms with Crippen LogP contribution in [0.4, 0.5) is 17.5 Å². The van der Waals surface area contributed by atoms with Crippen LogP contribution in [0.25, 0.3) is 0 Å². The fourth-order valence-electron chi connectivity index (χ4n) is 2.70. The number of rotatable bonds is 4. The molecule has 0 unspecified atom stereocenters. The third-order valence-electron chi connectivity index (χ3n) is 3.93. The Balaban J connectivity index is 1.83. The summed E-state index contributed by atoms with van der Waals surface area (Å²) in [7, 11) is 3.77. The lowest BCUT2D eigenvalue weighted by molar-refractivity contribution is 0.101. The van der Waals surface area contributed by atoms with Gasteiger partial charge in [-0.25, -0.2) is 4.98 Å². The number of carbonyl (C=O) groups excluding carboxylic acids is 1. The number of hydrogen-bond donors (Lipinski definition) is 1. The van der Waals surface area contributed by atoms with Gasteiger partial charge in [0.1, 0.15) is 11.4 Å². The molecule has 2 aromatic rings. The monoisotopic (exact) mass is 330 g/mol. The molecule has 1 fully saturated rings. The molecule has 1 amide bonds. The van der Waals surface area contributed by atoms with Crippen LogP contribution in [0.15, 0.2) is 16.8 Å². The molecule has 1 aliphatic rings. The zero-order valence-electron chi connectivity index (χ0n) is 14.2. The Morgan fingerprint density at radius 2 is 2.04 bits per heavy atom. The molecule has 1 aliphatic heterocycles. The Hall–Kier alpha value is -2.64. The first kappa shape index (κ1) is 16.2. The Morgan fingerprint density at radius 1 is 1.29 bits per heavy atom. The molecule has 0 aromatic carbocycles. The van der Waals surface area contributed by atoms with Crippen molar-refractivity contribution in [2.75, 3.05) is 42.3 Å². The van der Waals surface area contributed by atoms with Gasteiger partial charge < -0.3 is 19.6 Å². The maximum absolute atomic E-state index is 12.3. The van der Waals surface area contributed by atoms with Gasteiger partial charge in [-0.3, -0.25) is 4.79 Å². The first-order valence-corrected chi connectivity index (χ1v) is 8.08. The molecule has 128 valence electrons. The molecule has 0 bridgehead atoms. The van der Waals surface area contributed by atoms with Crippen LogP contribution in [0, 0.1) is 6.92 Å². The van der Waals surface area contributed by atoms with E-state index in [1.54, 1.807) is 19.2 Å². The van der Waals surface area contributed by atoms with Crippen LogP contribution in [0.1, 0.15) is 35.5 Å². The van der Waals surface area contributed by atoms with Gasteiger partial charge >= 0.3 is 0 Å². The van der Waals surface area contributed by atoms with Gasteiger partial charge in [0.25, 0.3) is 5.91 Å². The third kappa shape index (κ3) is 3.47. The van der Waals surface area contributed by atoms with Gasteiger partial charge in [0.2, 0.25) is 5.95 Å². The van der Waals surface area contributed by atoms with E-state index < -0.39 is 0 Å². The van der Waals surface area contributed by atoms with Crippen molar-refractivity contribution < 1.29 is 9.32 Å². The largest absolute Gasteiger partial charge is 0.361 e. The first-order valence-electron chi connectivity index (χ1n) is 8.08. The quantitative estimate of drug-likeness (QED) is 0.918. The second kappa shape index (κ2) is 6.86. The van der Waals surface area contributed by atoms with Gasteiger partial charge in [-0.1, -0.05) is 5.16 Å². The summed E-state index contributed by atoms with van der Waals surface area (Å²) in [6, 6.07) is 1.59. The summed E-state index contributed by atoms with van der Waals surface area (Å²) < 4.78 is 4.94. The normalized spacial score (nSPS) is 14.5. The van der Waals surface area contributed by atoms with Crippen molar-refractivity contribution in [3.05, 3.63) is 23.7 Å². The predicted octanol–water partition coefficient (Wildman–Crippen LogP) is 2.08. The highest BCUT2D eigenvalue weighted by molar-refractivity contribution is 6.04. The van der Waals surface area contributed by atoms with Crippen LogP contribution >= 0.6 is 0 Å². The highest BCUT2D eigenvalue weighted by Gasteiger charge is 2.19. The number of hydrogen-bond acceptors (Lipinski definition) is 7. The Labute approximate surface area is 140 Å². The summed E-state index contributed by atoms with van der Waals surface area (Å²) in [5.41, 5.74) is 0.781. The third-order valence-corrected chi connectivity index (χ3v) is 3.93. The lowest BCUT2D eigenvalue weighted by Crippen LogP contribution is -2.31. The van der Waals surface area contributed by atoms with Gasteiger partial charge in [0, 0.05) is 33.3 Å². The molecular weight excluding hydrogens is 308 g/mol. The summed E-state index contributed by atoms with van der Waals surface area (Å²) in [4.78, 5) is 25.4. The van der Waals surface area contributed by atoms with E-state index in [1.165, 1.54) is 6.42 Å². The summed E-state index contributed by atoms with van der Waals surface area (Å²) in [6.45, 7) is 3.68. The maximum atomic E-state index is 12.3. The van der Waals surface area contributed by atoms with Gasteiger partial charge in [-0.05, 0) is 26.2 Å². The first-order chi connectivity index (χ1) is 11.5. The maximum Gasteiger partial charge on any atom is 0.277 e. The number of amides is 1. The van der Waals surface area contributed by atoms with Gasteiger partial charge in [0.15, 0.2) is 11.5 Å². The highest BCUT2D eigenvalue weighted by Crippen LogP contribution is 2.25. The van der Waals surface area contributed by atoms with Gasteiger partial charge in [0.05, 0.1) is 6.20 Å². The number of aromatic nitrogens is 3. The molecule has 3 heterocycles. The molecule has 8 nitrogen and oxygen atoms in total. The zero-order chi connectivity index (χ0) is 17.1. The van der Waals surface area contributed by atoms with Crippen molar-refractivity contribution in [3.63, 3.8) is 0 Å². The number of piperidine rings is 1. The minimum Gasteiger partial charge on any atom is -0.361 e. The van der Waals surface area contributed by atoms with E-state index in [1.807, 2.05) is 19.0 Å². The molecule has 0 aliphatic carbocycles. The predicted molar refractivity (Wildman–Crippen MR) is 91.6 cm³/mol. The molecule has 0 saturated carbocycles. The number of aryl methyl sites for hydroxylation is 1. The van der Waals surface area contributed by atoms with E-state index >= 15 is 0 Å².